The van der Waals surface area contributed by atoms with Gasteiger partial charge in [-0.1, -0.05) is 25.4 Å². The molecule has 0 radical (unpaired) electrons. The Balaban J connectivity index is 3.11. The van der Waals surface area contributed by atoms with Gasteiger partial charge in [0.15, 0.2) is 17.6 Å². The highest BCUT2D eigenvalue weighted by atomic mass is 35.5. The first-order chi connectivity index (χ1) is 9.35. The Morgan fingerprint density at radius 1 is 1.40 bits per heavy atom. The standard InChI is InChI=1S/C14H20ClNO4/c1-8(2)16-7-10-5-11(15)6-12(19-4)13(10)20-9(3)14(17)18/h5-6,8-9,16H,7H2,1-4H3,(H,17,18). The van der Waals surface area contributed by atoms with Crippen LogP contribution in [-0.2, 0) is 11.3 Å². The van der Waals surface area contributed by atoms with Gasteiger partial charge in [-0.2, -0.15) is 0 Å². The van der Waals surface area contributed by atoms with Gasteiger partial charge in [-0.05, 0) is 13.0 Å². The minimum atomic E-state index is -1.04. The molecule has 6 heteroatoms. The van der Waals surface area contributed by atoms with Crippen LogP contribution in [0.2, 0.25) is 5.02 Å². The van der Waals surface area contributed by atoms with Gasteiger partial charge in [-0.3, -0.25) is 0 Å². The molecule has 112 valence electrons. The molecule has 1 aromatic rings. The molecule has 5 nitrogen and oxygen atoms in total. The van der Waals surface area contributed by atoms with Gasteiger partial charge in [0.2, 0.25) is 0 Å². The molecule has 0 saturated carbocycles. The first kappa shape index (κ1) is 16.6. The van der Waals surface area contributed by atoms with E-state index in [-0.39, 0.29) is 6.04 Å². The molecule has 0 aliphatic rings. The van der Waals surface area contributed by atoms with Crippen molar-refractivity contribution in [1.29, 1.82) is 0 Å². The summed E-state index contributed by atoms with van der Waals surface area (Å²) in [5.41, 5.74) is 0.760. The van der Waals surface area contributed by atoms with Gasteiger partial charge in [0.1, 0.15) is 0 Å². The van der Waals surface area contributed by atoms with Gasteiger partial charge in [0, 0.05) is 29.2 Å². The van der Waals surface area contributed by atoms with Crippen LogP contribution in [0.5, 0.6) is 11.5 Å². The molecular weight excluding hydrogens is 282 g/mol. The lowest BCUT2D eigenvalue weighted by Crippen LogP contribution is -2.26. The van der Waals surface area contributed by atoms with Crippen LogP contribution in [0.25, 0.3) is 0 Å². The van der Waals surface area contributed by atoms with Gasteiger partial charge in [0.05, 0.1) is 7.11 Å². The Bertz CT molecular complexity index is 476. The molecule has 0 heterocycles. The molecule has 1 rings (SSSR count). The molecule has 0 spiro atoms. The predicted octanol–water partition coefficient (Wildman–Crippen LogP) is 2.70. The predicted molar refractivity (Wildman–Crippen MR) is 77.7 cm³/mol. The summed E-state index contributed by atoms with van der Waals surface area (Å²) in [6.07, 6.45) is -0.970. The number of hydrogen-bond acceptors (Lipinski definition) is 4. The topological polar surface area (TPSA) is 67.8 Å². The monoisotopic (exact) mass is 301 g/mol. The van der Waals surface area contributed by atoms with Gasteiger partial charge in [-0.25, -0.2) is 4.79 Å². The van der Waals surface area contributed by atoms with Crippen molar-refractivity contribution < 1.29 is 19.4 Å². The maximum absolute atomic E-state index is 10.9. The fourth-order valence-electron chi connectivity index (χ4n) is 1.58. The minimum Gasteiger partial charge on any atom is -0.493 e. The molecule has 0 fully saturated rings. The number of ether oxygens (including phenoxy) is 2. The second kappa shape index (κ2) is 7.36. The first-order valence-corrected chi connectivity index (χ1v) is 6.72. The van der Waals surface area contributed by atoms with Crippen LogP contribution >= 0.6 is 11.6 Å². The molecule has 1 aromatic carbocycles. The zero-order valence-electron chi connectivity index (χ0n) is 12.1. The number of carboxylic acids is 1. The van der Waals surface area contributed by atoms with Crippen molar-refractivity contribution in [3.63, 3.8) is 0 Å². The smallest absolute Gasteiger partial charge is 0.344 e. The van der Waals surface area contributed by atoms with Gasteiger partial charge < -0.3 is 19.9 Å². The molecule has 0 amide bonds. The number of halogens is 1. The van der Waals surface area contributed by atoms with Crippen molar-refractivity contribution in [3.8, 4) is 11.5 Å². The molecule has 0 saturated heterocycles. The molecule has 0 bridgehead atoms. The zero-order valence-corrected chi connectivity index (χ0v) is 12.8. The number of nitrogens with one attached hydrogen (secondary N) is 1. The van der Waals surface area contributed by atoms with Crippen LogP contribution in [0.3, 0.4) is 0 Å². The van der Waals surface area contributed by atoms with Crippen LogP contribution in [0.4, 0.5) is 0 Å². The van der Waals surface area contributed by atoms with E-state index in [1.807, 2.05) is 13.8 Å². The highest BCUT2D eigenvalue weighted by Crippen LogP contribution is 2.35. The van der Waals surface area contributed by atoms with Crippen molar-refractivity contribution in [2.75, 3.05) is 7.11 Å². The molecular formula is C14H20ClNO4. The average molecular weight is 302 g/mol. The van der Waals surface area contributed by atoms with Gasteiger partial charge >= 0.3 is 5.97 Å². The highest BCUT2D eigenvalue weighted by Gasteiger charge is 2.19. The Hall–Kier alpha value is -1.46. The van der Waals surface area contributed by atoms with Crippen LogP contribution < -0.4 is 14.8 Å². The Kier molecular flexibility index (Phi) is 6.10. The molecule has 1 atom stereocenters. The largest absolute Gasteiger partial charge is 0.493 e. The second-order valence-electron chi connectivity index (χ2n) is 4.73. The Morgan fingerprint density at radius 3 is 2.55 bits per heavy atom. The third kappa shape index (κ3) is 4.58. The lowest BCUT2D eigenvalue weighted by molar-refractivity contribution is -0.144. The molecule has 1 unspecified atom stereocenters. The van der Waals surface area contributed by atoms with E-state index < -0.39 is 12.1 Å². The van der Waals surface area contributed by atoms with Gasteiger partial charge in [0.25, 0.3) is 0 Å². The molecule has 0 aliphatic heterocycles. The number of benzene rings is 1. The summed E-state index contributed by atoms with van der Waals surface area (Å²) in [5.74, 6) is -0.212. The second-order valence-corrected chi connectivity index (χ2v) is 5.17. The Labute approximate surface area is 123 Å². The van der Waals surface area contributed by atoms with E-state index in [4.69, 9.17) is 26.2 Å². The van der Waals surface area contributed by atoms with Crippen molar-refractivity contribution in [1.82, 2.24) is 5.32 Å². The number of hydrogen-bond donors (Lipinski definition) is 2. The summed E-state index contributed by atoms with van der Waals surface area (Å²) in [5, 5.41) is 12.7. The maximum atomic E-state index is 10.9. The third-order valence-corrected chi connectivity index (χ3v) is 2.88. The maximum Gasteiger partial charge on any atom is 0.344 e. The summed E-state index contributed by atoms with van der Waals surface area (Å²) in [4.78, 5) is 10.9. The zero-order chi connectivity index (χ0) is 15.3. The highest BCUT2D eigenvalue weighted by molar-refractivity contribution is 6.30. The summed E-state index contributed by atoms with van der Waals surface area (Å²) in [7, 11) is 1.49. The SMILES string of the molecule is COc1cc(Cl)cc(CNC(C)C)c1OC(C)C(=O)O. The lowest BCUT2D eigenvalue weighted by atomic mass is 10.1. The first-order valence-electron chi connectivity index (χ1n) is 6.34. The fourth-order valence-corrected chi connectivity index (χ4v) is 1.81. The van der Waals surface area contributed by atoms with Gasteiger partial charge in [-0.15, -0.1) is 0 Å². The molecule has 20 heavy (non-hydrogen) atoms. The van der Waals surface area contributed by atoms with Crippen molar-refractivity contribution in [2.24, 2.45) is 0 Å². The van der Waals surface area contributed by atoms with Crippen LogP contribution in [0.15, 0.2) is 12.1 Å². The van der Waals surface area contributed by atoms with Crippen LogP contribution in [0.1, 0.15) is 26.3 Å². The van der Waals surface area contributed by atoms with E-state index in [9.17, 15) is 4.79 Å². The lowest BCUT2D eigenvalue weighted by Gasteiger charge is -2.19. The summed E-state index contributed by atoms with van der Waals surface area (Å²) in [6, 6.07) is 3.62. The van der Waals surface area contributed by atoms with E-state index in [0.717, 1.165) is 5.56 Å². The van der Waals surface area contributed by atoms with E-state index in [2.05, 4.69) is 5.32 Å². The van der Waals surface area contributed by atoms with Crippen molar-refractivity contribution >= 4 is 17.6 Å². The minimum absolute atomic E-state index is 0.282. The number of methoxy groups -OCH3 is 1. The van der Waals surface area contributed by atoms with E-state index >= 15 is 0 Å². The molecule has 2 N–H and O–H groups in total. The van der Waals surface area contributed by atoms with Crippen molar-refractivity contribution in [3.05, 3.63) is 22.7 Å². The summed E-state index contributed by atoms with van der Waals surface area (Å²) >= 11 is 6.04. The van der Waals surface area contributed by atoms with E-state index in [0.29, 0.717) is 23.1 Å². The normalized spacial score (nSPS) is 12.3. The number of carbonyl (C=O) groups is 1. The van der Waals surface area contributed by atoms with Crippen molar-refractivity contribution in [2.45, 2.75) is 39.5 Å². The summed E-state index contributed by atoms with van der Waals surface area (Å²) in [6.45, 7) is 6.01. The Morgan fingerprint density at radius 2 is 2.05 bits per heavy atom. The quantitative estimate of drug-likeness (QED) is 0.810. The fraction of sp³-hybridized carbons (Fsp3) is 0.500. The van der Waals surface area contributed by atoms with Crippen LogP contribution in [0, 0.1) is 0 Å². The third-order valence-electron chi connectivity index (χ3n) is 2.66. The molecule has 0 aromatic heterocycles. The van der Waals surface area contributed by atoms with E-state index in [1.54, 1.807) is 12.1 Å². The van der Waals surface area contributed by atoms with Crippen LogP contribution in [-0.4, -0.2) is 30.3 Å². The number of aliphatic carboxylic acids is 1. The van der Waals surface area contributed by atoms with E-state index in [1.165, 1.54) is 14.0 Å². The number of rotatable bonds is 7. The number of carboxylic acid groups (broad SMARTS) is 1. The average Bonchev–Trinajstić information content (AvgIpc) is 2.37. The molecule has 0 aliphatic carbocycles. The summed E-state index contributed by atoms with van der Waals surface area (Å²) < 4.78 is 10.7.